The number of nitrogens with one attached hydrogen (secondary N) is 1. The summed E-state index contributed by atoms with van der Waals surface area (Å²) in [7, 11) is 1.32. The first kappa shape index (κ1) is 23.1. The highest BCUT2D eigenvalue weighted by molar-refractivity contribution is 7.99. The number of esters is 1. The van der Waals surface area contributed by atoms with Crippen LogP contribution >= 0.6 is 11.8 Å². The summed E-state index contributed by atoms with van der Waals surface area (Å²) in [5, 5.41) is 3.34. The van der Waals surface area contributed by atoms with Crippen molar-refractivity contribution >= 4 is 23.6 Å². The Morgan fingerprint density at radius 3 is 2.45 bits per heavy atom. The Morgan fingerprint density at radius 2 is 1.86 bits per heavy atom. The maximum Gasteiger partial charge on any atom is 0.328 e. The second-order valence-corrected chi connectivity index (χ2v) is 9.68. The smallest absolute Gasteiger partial charge is 0.328 e. The van der Waals surface area contributed by atoms with E-state index in [4.69, 9.17) is 9.15 Å². The number of benzene rings is 1. The molecule has 0 fully saturated rings. The molecule has 0 bridgehead atoms. The highest BCUT2D eigenvalue weighted by atomic mass is 32.2. The highest BCUT2D eigenvalue weighted by Crippen LogP contribution is 2.35. The number of furan rings is 1. The van der Waals surface area contributed by atoms with E-state index < -0.39 is 17.9 Å². The van der Waals surface area contributed by atoms with Crippen LogP contribution in [-0.4, -0.2) is 25.0 Å². The Bertz CT molecular complexity index is 864. The molecule has 5 nitrogen and oxygen atoms in total. The Morgan fingerprint density at radius 1 is 1.17 bits per heavy atom. The highest BCUT2D eigenvalue weighted by Gasteiger charge is 2.24. The molecule has 0 aliphatic carbocycles. The molecule has 0 aliphatic heterocycles. The molecule has 0 saturated heterocycles. The van der Waals surface area contributed by atoms with Gasteiger partial charge in [0.05, 0.1) is 7.11 Å². The molecular formula is C23H31NO4S. The average molecular weight is 418 g/mol. The lowest BCUT2D eigenvalue weighted by Crippen LogP contribution is -2.42. The van der Waals surface area contributed by atoms with Crippen molar-refractivity contribution in [3.63, 3.8) is 0 Å². The van der Waals surface area contributed by atoms with Gasteiger partial charge in [0.15, 0.2) is 10.9 Å². The predicted octanol–water partition coefficient (Wildman–Crippen LogP) is 5.35. The Hall–Kier alpha value is -2.21. The van der Waals surface area contributed by atoms with Crippen molar-refractivity contribution in [2.45, 2.75) is 69.4 Å². The van der Waals surface area contributed by atoms with Gasteiger partial charge in [-0.25, -0.2) is 4.79 Å². The largest absolute Gasteiger partial charge is 0.467 e. The normalized spacial score (nSPS) is 12.7. The zero-order valence-electron chi connectivity index (χ0n) is 18.3. The first-order chi connectivity index (χ1) is 13.5. The van der Waals surface area contributed by atoms with Crippen LogP contribution in [0.3, 0.4) is 0 Å². The molecule has 29 heavy (non-hydrogen) atoms. The number of rotatable bonds is 7. The summed E-state index contributed by atoms with van der Waals surface area (Å²) < 4.78 is 10.5. The van der Waals surface area contributed by atoms with Crippen LogP contribution in [-0.2, 0) is 14.9 Å². The van der Waals surface area contributed by atoms with Gasteiger partial charge in [0.2, 0.25) is 0 Å². The lowest BCUT2D eigenvalue weighted by Gasteiger charge is -2.20. The molecule has 6 heteroatoms. The van der Waals surface area contributed by atoms with E-state index in [-0.39, 0.29) is 17.1 Å². The zero-order chi connectivity index (χ0) is 21.8. The van der Waals surface area contributed by atoms with Gasteiger partial charge < -0.3 is 14.5 Å². The van der Waals surface area contributed by atoms with Crippen molar-refractivity contribution in [1.29, 1.82) is 0 Å². The van der Waals surface area contributed by atoms with Crippen molar-refractivity contribution in [2.24, 2.45) is 5.92 Å². The fourth-order valence-electron chi connectivity index (χ4n) is 2.84. The minimum Gasteiger partial charge on any atom is -0.467 e. The lowest BCUT2D eigenvalue weighted by molar-refractivity contribution is -0.143. The van der Waals surface area contributed by atoms with Gasteiger partial charge in [-0.05, 0) is 54.0 Å². The molecule has 0 radical (unpaired) electrons. The lowest BCUT2D eigenvalue weighted by atomic mass is 9.87. The van der Waals surface area contributed by atoms with Crippen LogP contribution in [0.4, 0.5) is 0 Å². The van der Waals surface area contributed by atoms with Gasteiger partial charge in [-0.1, -0.05) is 58.5 Å². The molecular weight excluding hydrogens is 386 g/mol. The molecule has 1 amide bonds. The molecule has 158 valence electrons. The minimum absolute atomic E-state index is 0.0521. The van der Waals surface area contributed by atoms with Crippen molar-refractivity contribution in [3.8, 4) is 0 Å². The summed E-state index contributed by atoms with van der Waals surface area (Å²) in [5.41, 5.74) is 2.44. The van der Waals surface area contributed by atoms with Crippen LogP contribution in [0.5, 0.6) is 0 Å². The molecule has 1 aromatic carbocycles. The Kier molecular flexibility index (Phi) is 7.58. The van der Waals surface area contributed by atoms with Crippen molar-refractivity contribution in [1.82, 2.24) is 5.32 Å². The predicted molar refractivity (Wildman–Crippen MR) is 115 cm³/mol. The van der Waals surface area contributed by atoms with Gasteiger partial charge in [0, 0.05) is 4.90 Å². The molecule has 1 aromatic heterocycles. The minimum atomic E-state index is -0.695. The van der Waals surface area contributed by atoms with Gasteiger partial charge in [-0.3, -0.25) is 4.79 Å². The molecule has 1 N–H and O–H groups in total. The van der Waals surface area contributed by atoms with Crippen molar-refractivity contribution in [2.75, 3.05) is 7.11 Å². The van der Waals surface area contributed by atoms with Gasteiger partial charge in [0.1, 0.15) is 6.04 Å². The molecule has 1 atom stereocenters. The van der Waals surface area contributed by atoms with Crippen LogP contribution in [0.2, 0.25) is 0 Å². The summed E-state index contributed by atoms with van der Waals surface area (Å²) in [6.07, 6.45) is 0.500. The van der Waals surface area contributed by atoms with E-state index in [1.165, 1.54) is 24.4 Å². The number of aryl methyl sites for hydroxylation is 1. The first-order valence-electron chi connectivity index (χ1n) is 9.78. The third-order valence-electron chi connectivity index (χ3n) is 4.57. The first-order valence-corrected chi connectivity index (χ1v) is 10.6. The number of ether oxygens (including phenoxy) is 1. The van der Waals surface area contributed by atoms with E-state index in [2.05, 4.69) is 51.2 Å². The number of hydrogen-bond donors (Lipinski definition) is 1. The number of hydrogen-bond acceptors (Lipinski definition) is 5. The quantitative estimate of drug-likeness (QED) is 0.615. The molecule has 0 aliphatic rings. The molecule has 1 heterocycles. The average Bonchev–Trinajstić information content (AvgIpc) is 3.09. The topological polar surface area (TPSA) is 68.5 Å². The zero-order valence-corrected chi connectivity index (χ0v) is 19.1. The summed E-state index contributed by atoms with van der Waals surface area (Å²) in [5.74, 6) is -0.467. The van der Waals surface area contributed by atoms with Gasteiger partial charge in [-0.15, -0.1) is 0 Å². The van der Waals surface area contributed by atoms with Crippen LogP contribution < -0.4 is 5.32 Å². The van der Waals surface area contributed by atoms with Crippen LogP contribution in [0.1, 0.15) is 62.7 Å². The third kappa shape index (κ3) is 6.39. The van der Waals surface area contributed by atoms with Crippen molar-refractivity contribution < 1.29 is 18.7 Å². The fraction of sp³-hybridized carbons (Fsp3) is 0.478. The van der Waals surface area contributed by atoms with Crippen LogP contribution in [0.15, 0.2) is 44.7 Å². The number of carbonyl (C=O) groups is 2. The number of carbonyl (C=O) groups excluding carboxylic acids is 2. The van der Waals surface area contributed by atoms with E-state index in [1.54, 1.807) is 12.1 Å². The summed E-state index contributed by atoms with van der Waals surface area (Å²) in [6, 6.07) is 9.12. The molecule has 0 saturated carbocycles. The fourth-order valence-corrected chi connectivity index (χ4v) is 3.74. The Balaban J connectivity index is 2.14. The number of methoxy groups -OCH3 is 1. The molecule has 0 spiro atoms. The van der Waals surface area contributed by atoms with E-state index in [1.807, 2.05) is 13.8 Å². The van der Waals surface area contributed by atoms with Gasteiger partial charge in [0.25, 0.3) is 5.91 Å². The summed E-state index contributed by atoms with van der Waals surface area (Å²) in [6.45, 7) is 12.6. The molecule has 2 rings (SSSR count). The van der Waals surface area contributed by atoms with Crippen LogP contribution in [0, 0.1) is 12.8 Å². The Labute approximate surface area is 177 Å². The van der Waals surface area contributed by atoms with Gasteiger partial charge in [-0.2, -0.15) is 0 Å². The molecule has 0 unspecified atom stereocenters. The van der Waals surface area contributed by atoms with E-state index in [0.717, 1.165) is 10.5 Å². The van der Waals surface area contributed by atoms with E-state index >= 15 is 0 Å². The second-order valence-electron chi connectivity index (χ2n) is 8.63. The van der Waals surface area contributed by atoms with Crippen molar-refractivity contribution in [3.05, 3.63) is 47.2 Å². The maximum absolute atomic E-state index is 12.6. The maximum atomic E-state index is 12.6. The van der Waals surface area contributed by atoms with E-state index in [0.29, 0.717) is 11.5 Å². The summed E-state index contributed by atoms with van der Waals surface area (Å²) >= 11 is 1.48. The SMILES string of the molecule is COC(=O)[C@H](CC(C)C)NC(=O)c1ccc(Sc2cc(C(C)(C)C)ccc2C)o1. The van der Waals surface area contributed by atoms with Gasteiger partial charge >= 0.3 is 5.97 Å². The second kappa shape index (κ2) is 9.53. The van der Waals surface area contributed by atoms with Crippen LogP contribution in [0.25, 0.3) is 0 Å². The molecule has 2 aromatic rings. The monoisotopic (exact) mass is 417 g/mol. The van der Waals surface area contributed by atoms with E-state index in [9.17, 15) is 9.59 Å². The summed E-state index contributed by atoms with van der Waals surface area (Å²) in [4.78, 5) is 25.6. The third-order valence-corrected chi connectivity index (χ3v) is 5.65. The number of amides is 1. The standard InChI is InChI=1S/C23H31NO4S/c1-14(2)12-17(22(26)27-7)24-21(25)18-10-11-20(28-18)29-19-13-16(23(4,5)6)9-8-15(19)3/h8-11,13-14,17H,12H2,1-7H3,(H,24,25)/t17-/m0/s1.